The van der Waals surface area contributed by atoms with Crippen LogP contribution in [0.3, 0.4) is 0 Å². The van der Waals surface area contributed by atoms with Gasteiger partial charge in [0.1, 0.15) is 5.82 Å². The van der Waals surface area contributed by atoms with E-state index in [2.05, 4.69) is 60.7 Å². The Morgan fingerprint density at radius 2 is 1.82 bits per heavy atom. The summed E-state index contributed by atoms with van der Waals surface area (Å²) in [5.41, 5.74) is 1.98. The molecule has 0 bridgehead atoms. The van der Waals surface area contributed by atoms with Gasteiger partial charge in [-0.25, -0.2) is 4.39 Å². The summed E-state index contributed by atoms with van der Waals surface area (Å²) >= 11 is 3.48. The molecule has 0 amide bonds. The van der Waals surface area contributed by atoms with Crippen LogP contribution in [0.1, 0.15) is 24.0 Å². The molecule has 0 saturated carbocycles. The monoisotopic (exact) mass is 560 g/mol. The normalized spacial score (nSPS) is 15.8. The molecule has 0 aromatic heterocycles. The van der Waals surface area contributed by atoms with Gasteiger partial charge in [-0.05, 0) is 36.6 Å². The summed E-state index contributed by atoms with van der Waals surface area (Å²) in [5.74, 6) is 0.534. The van der Waals surface area contributed by atoms with Gasteiger partial charge < -0.3 is 10.6 Å². The molecule has 152 valence electrons. The Labute approximate surface area is 192 Å². The van der Waals surface area contributed by atoms with Gasteiger partial charge in [0.15, 0.2) is 5.96 Å². The van der Waals surface area contributed by atoms with Crippen LogP contribution in [-0.2, 0) is 13.1 Å². The average molecular weight is 561 g/mol. The molecular formula is C21H27BrFIN4. The van der Waals surface area contributed by atoms with E-state index in [-0.39, 0.29) is 29.8 Å². The van der Waals surface area contributed by atoms with Gasteiger partial charge in [0.25, 0.3) is 0 Å². The average Bonchev–Trinajstić information content (AvgIpc) is 2.69. The Bertz CT molecular complexity index is 761. The van der Waals surface area contributed by atoms with Crippen LogP contribution >= 0.6 is 39.9 Å². The number of piperidine rings is 1. The van der Waals surface area contributed by atoms with Gasteiger partial charge in [-0.3, -0.25) is 9.89 Å². The van der Waals surface area contributed by atoms with Crippen LogP contribution in [0.5, 0.6) is 0 Å². The maximum atomic E-state index is 13.7. The smallest absolute Gasteiger partial charge is 0.191 e. The Balaban J connectivity index is 0.00000280. The van der Waals surface area contributed by atoms with Gasteiger partial charge >= 0.3 is 0 Å². The molecule has 0 atom stereocenters. The molecule has 3 rings (SSSR count). The van der Waals surface area contributed by atoms with Crippen molar-refractivity contribution in [2.75, 3.05) is 20.1 Å². The van der Waals surface area contributed by atoms with Crippen molar-refractivity contribution in [2.24, 2.45) is 4.99 Å². The van der Waals surface area contributed by atoms with E-state index in [0.717, 1.165) is 42.9 Å². The molecule has 28 heavy (non-hydrogen) atoms. The first kappa shape index (κ1) is 23.1. The predicted molar refractivity (Wildman–Crippen MR) is 128 cm³/mol. The highest BCUT2D eigenvalue weighted by Gasteiger charge is 2.20. The molecule has 0 aliphatic carbocycles. The third-order valence-corrected chi connectivity index (χ3v) is 5.40. The number of nitrogens with zero attached hydrogens (tertiary/aromatic N) is 2. The second-order valence-electron chi connectivity index (χ2n) is 6.84. The zero-order valence-electron chi connectivity index (χ0n) is 16.0. The zero-order chi connectivity index (χ0) is 19.1. The predicted octanol–water partition coefficient (Wildman–Crippen LogP) is 4.54. The SMILES string of the molecule is CN=C(NCc1ccccc1F)NC1CCN(Cc2ccc(Br)cc2)CC1.I. The molecule has 4 nitrogen and oxygen atoms in total. The molecule has 1 heterocycles. The molecule has 2 aromatic rings. The van der Waals surface area contributed by atoms with Crippen molar-refractivity contribution >= 4 is 45.9 Å². The summed E-state index contributed by atoms with van der Waals surface area (Å²) in [6, 6.07) is 15.7. The van der Waals surface area contributed by atoms with E-state index in [1.54, 1.807) is 19.2 Å². The van der Waals surface area contributed by atoms with E-state index in [1.807, 2.05) is 6.07 Å². The number of aliphatic imine (C=N–C) groups is 1. The van der Waals surface area contributed by atoms with E-state index in [1.165, 1.54) is 11.6 Å². The fourth-order valence-electron chi connectivity index (χ4n) is 3.29. The van der Waals surface area contributed by atoms with E-state index in [9.17, 15) is 4.39 Å². The minimum absolute atomic E-state index is 0. The molecule has 7 heteroatoms. The van der Waals surface area contributed by atoms with Crippen LogP contribution in [0, 0.1) is 5.82 Å². The van der Waals surface area contributed by atoms with Gasteiger partial charge in [-0.2, -0.15) is 0 Å². The van der Waals surface area contributed by atoms with Gasteiger partial charge in [-0.1, -0.05) is 46.3 Å². The van der Waals surface area contributed by atoms with E-state index >= 15 is 0 Å². The van der Waals surface area contributed by atoms with Crippen molar-refractivity contribution in [2.45, 2.75) is 32.0 Å². The van der Waals surface area contributed by atoms with Gasteiger partial charge in [0.2, 0.25) is 0 Å². The minimum Gasteiger partial charge on any atom is -0.354 e. The number of rotatable bonds is 5. The first-order valence-corrected chi connectivity index (χ1v) is 10.1. The maximum absolute atomic E-state index is 13.7. The van der Waals surface area contributed by atoms with Crippen molar-refractivity contribution in [3.05, 3.63) is 69.9 Å². The Morgan fingerprint density at radius 3 is 2.46 bits per heavy atom. The lowest BCUT2D eigenvalue weighted by Gasteiger charge is -2.33. The van der Waals surface area contributed by atoms with Gasteiger partial charge in [0.05, 0.1) is 0 Å². The van der Waals surface area contributed by atoms with Crippen molar-refractivity contribution < 1.29 is 4.39 Å². The number of guanidine groups is 1. The largest absolute Gasteiger partial charge is 0.354 e. The second kappa shape index (κ2) is 11.7. The summed E-state index contributed by atoms with van der Waals surface area (Å²) < 4.78 is 14.9. The molecule has 1 aliphatic rings. The van der Waals surface area contributed by atoms with Crippen LogP contribution < -0.4 is 10.6 Å². The maximum Gasteiger partial charge on any atom is 0.191 e. The van der Waals surface area contributed by atoms with E-state index in [0.29, 0.717) is 18.2 Å². The lowest BCUT2D eigenvalue weighted by molar-refractivity contribution is 0.198. The lowest BCUT2D eigenvalue weighted by Crippen LogP contribution is -2.48. The standard InChI is InChI=1S/C21H26BrFN4.HI/c1-24-21(25-14-17-4-2-3-5-20(17)23)26-19-10-12-27(13-11-19)15-16-6-8-18(22)9-7-16;/h2-9,19H,10-15H2,1H3,(H2,24,25,26);1H. The summed E-state index contributed by atoms with van der Waals surface area (Å²) in [6.07, 6.45) is 2.13. The molecule has 0 spiro atoms. The number of benzene rings is 2. The highest BCUT2D eigenvalue weighted by atomic mass is 127. The molecule has 2 N–H and O–H groups in total. The van der Waals surface area contributed by atoms with E-state index < -0.39 is 0 Å². The quantitative estimate of drug-likeness (QED) is 0.320. The van der Waals surface area contributed by atoms with Crippen LogP contribution in [0.25, 0.3) is 0 Å². The van der Waals surface area contributed by atoms with Gasteiger partial charge in [-0.15, -0.1) is 24.0 Å². The highest BCUT2D eigenvalue weighted by molar-refractivity contribution is 14.0. The third-order valence-electron chi connectivity index (χ3n) is 4.88. The molecule has 1 saturated heterocycles. The molecule has 0 unspecified atom stereocenters. The number of hydrogen-bond donors (Lipinski definition) is 2. The third kappa shape index (κ3) is 7.00. The van der Waals surface area contributed by atoms with Crippen LogP contribution in [-0.4, -0.2) is 37.0 Å². The second-order valence-corrected chi connectivity index (χ2v) is 7.75. The highest BCUT2D eigenvalue weighted by Crippen LogP contribution is 2.16. The number of likely N-dealkylation sites (tertiary alicyclic amines) is 1. The Hall–Kier alpha value is -1.19. The van der Waals surface area contributed by atoms with Crippen LogP contribution in [0.4, 0.5) is 4.39 Å². The lowest BCUT2D eigenvalue weighted by atomic mass is 10.0. The van der Waals surface area contributed by atoms with Crippen molar-refractivity contribution in [1.82, 2.24) is 15.5 Å². The fourth-order valence-corrected chi connectivity index (χ4v) is 3.56. The van der Waals surface area contributed by atoms with E-state index in [4.69, 9.17) is 0 Å². The van der Waals surface area contributed by atoms with Crippen LogP contribution in [0.15, 0.2) is 58.0 Å². The molecule has 0 radical (unpaired) electrons. The number of hydrogen-bond acceptors (Lipinski definition) is 2. The summed E-state index contributed by atoms with van der Waals surface area (Å²) in [4.78, 5) is 6.76. The Kier molecular flexibility index (Phi) is 9.67. The molecular weight excluding hydrogens is 534 g/mol. The summed E-state index contributed by atoms with van der Waals surface area (Å²) in [7, 11) is 1.75. The van der Waals surface area contributed by atoms with Crippen molar-refractivity contribution in [3.63, 3.8) is 0 Å². The summed E-state index contributed by atoms with van der Waals surface area (Å²) in [5, 5.41) is 6.68. The number of halogens is 3. The van der Waals surface area contributed by atoms with Crippen LogP contribution in [0.2, 0.25) is 0 Å². The first-order chi connectivity index (χ1) is 13.1. The Morgan fingerprint density at radius 1 is 1.14 bits per heavy atom. The van der Waals surface area contributed by atoms with Crippen molar-refractivity contribution in [1.29, 1.82) is 0 Å². The molecule has 1 fully saturated rings. The van der Waals surface area contributed by atoms with Crippen molar-refractivity contribution in [3.8, 4) is 0 Å². The first-order valence-electron chi connectivity index (χ1n) is 9.31. The fraction of sp³-hybridized carbons (Fsp3) is 0.381. The number of nitrogens with one attached hydrogen (secondary N) is 2. The summed E-state index contributed by atoms with van der Waals surface area (Å²) in [6.45, 7) is 3.52. The molecule has 2 aromatic carbocycles. The topological polar surface area (TPSA) is 39.7 Å². The van der Waals surface area contributed by atoms with Gasteiger partial charge in [0, 0.05) is 49.3 Å². The zero-order valence-corrected chi connectivity index (χ0v) is 19.9. The minimum atomic E-state index is -0.193. The molecule has 1 aliphatic heterocycles.